The minimum atomic E-state index is 0.302. The van der Waals surface area contributed by atoms with Crippen LogP contribution in [0.25, 0.3) is 0 Å². The first-order chi connectivity index (χ1) is 9.24. The van der Waals surface area contributed by atoms with Crippen LogP contribution in [-0.4, -0.2) is 30.2 Å². The summed E-state index contributed by atoms with van der Waals surface area (Å²) in [4.78, 5) is 2.35. The minimum Gasteiger partial charge on any atom is -0.379 e. The summed E-state index contributed by atoms with van der Waals surface area (Å²) in [7, 11) is 1.81. The van der Waals surface area contributed by atoms with Gasteiger partial charge in [-0.1, -0.05) is 11.6 Å². The molecule has 0 unspecified atom stereocenters. The first-order valence-corrected chi connectivity index (χ1v) is 7.74. The van der Waals surface area contributed by atoms with Crippen LogP contribution in [0.15, 0.2) is 0 Å². The van der Waals surface area contributed by atoms with Gasteiger partial charge in [0.15, 0.2) is 5.15 Å². The van der Waals surface area contributed by atoms with E-state index in [2.05, 4.69) is 15.3 Å². The van der Waals surface area contributed by atoms with Crippen LogP contribution in [0.4, 0.5) is 5.00 Å². The molecule has 0 amide bonds. The second-order valence-electron chi connectivity index (χ2n) is 5.76. The van der Waals surface area contributed by atoms with Crippen molar-refractivity contribution in [3.63, 3.8) is 0 Å². The molecule has 4 nitrogen and oxygen atoms in total. The van der Waals surface area contributed by atoms with Crippen LogP contribution in [0.2, 0.25) is 5.15 Å². The maximum Gasteiger partial charge on any atom is 0.162 e. The highest BCUT2D eigenvalue weighted by molar-refractivity contribution is 7.10. The third-order valence-corrected chi connectivity index (χ3v) is 6.35. The second kappa shape index (κ2) is 4.08. The lowest BCUT2D eigenvalue weighted by atomic mass is 9.88. The van der Waals surface area contributed by atoms with Gasteiger partial charge in [-0.3, -0.25) is 0 Å². The summed E-state index contributed by atoms with van der Waals surface area (Å²) >= 11 is 7.35. The molecule has 3 fully saturated rings. The molecule has 2 heterocycles. The molecule has 0 spiro atoms. The number of nitrogens with zero attached hydrogens (tertiary/aromatic N) is 3. The zero-order valence-corrected chi connectivity index (χ0v) is 12.1. The Morgan fingerprint density at radius 1 is 1.47 bits per heavy atom. The summed E-state index contributed by atoms with van der Waals surface area (Å²) in [5, 5.41) is 10.5. The number of anilines is 1. The second-order valence-corrected chi connectivity index (χ2v) is 6.87. The number of hydrogen-bond donors (Lipinski definition) is 0. The largest absolute Gasteiger partial charge is 0.379 e. The van der Waals surface area contributed by atoms with Gasteiger partial charge in [-0.05, 0) is 42.1 Å². The van der Waals surface area contributed by atoms with Crippen LogP contribution >= 0.6 is 23.1 Å². The lowest BCUT2D eigenvalue weighted by Gasteiger charge is -2.31. The highest BCUT2D eigenvalue weighted by atomic mass is 35.5. The first-order valence-electron chi connectivity index (χ1n) is 6.59. The van der Waals surface area contributed by atoms with Crippen LogP contribution in [0, 0.1) is 29.1 Å². The maximum atomic E-state index is 9.26. The lowest BCUT2D eigenvalue weighted by molar-refractivity contribution is 0.0448. The molecule has 2 bridgehead atoms. The smallest absolute Gasteiger partial charge is 0.162 e. The van der Waals surface area contributed by atoms with Crippen molar-refractivity contribution < 1.29 is 4.74 Å². The van der Waals surface area contributed by atoms with Gasteiger partial charge in [0.25, 0.3) is 0 Å². The molecule has 5 atom stereocenters. The fourth-order valence-corrected chi connectivity index (χ4v) is 5.59. The van der Waals surface area contributed by atoms with E-state index in [9.17, 15) is 5.26 Å². The van der Waals surface area contributed by atoms with E-state index in [4.69, 9.17) is 16.3 Å². The summed E-state index contributed by atoms with van der Waals surface area (Å²) in [6.45, 7) is 1.03. The van der Waals surface area contributed by atoms with Crippen molar-refractivity contribution in [2.75, 3.05) is 18.6 Å². The molecular formula is C13H14ClN3OS. The Labute approximate surface area is 121 Å². The molecule has 1 saturated heterocycles. The molecule has 0 aromatic carbocycles. The fourth-order valence-electron chi connectivity index (χ4n) is 4.51. The van der Waals surface area contributed by atoms with Crippen molar-refractivity contribution in [3.05, 3.63) is 10.7 Å². The van der Waals surface area contributed by atoms with Gasteiger partial charge in [0.2, 0.25) is 0 Å². The molecule has 2 saturated carbocycles. The van der Waals surface area contributed by atoms with Crippen LogP contribution in [0.5, 0.6) is 0 Å². The average Bonchev–Trinajstić information content (AvgIpc) is 3.08. The van der Waals surface area contributed by atoms with E-state index >= 15 is 0 Å². The van der Waals surface area contributed by atoms with Crippen molar-refractivity contribution >= 4 is 28.1 Å². The van der Waals surface area contributed by atoms with Crippen molar-refractivity contribution in [3.8, 4) is 6.07 Å². The van der Waals surface area contributed by atoms with Gasteiger partial charge in [0.1, 0.15) is 16.6 Å². The van der Waals surface area contributed by atoms with Crippen LogP contribution in [-0.2, 0) is 4.74 Å². The SMILES string of the molecule is CO[C@@H]1[C@H]2C[C@H]3CN(c4snc(Cl)c4C#N)[C@H]1[C@H]3C2. The Morgan fingerprint density at radius 2 is 2.32 bits per heavy atom. The summed E-state index contributed by atoms with van der Waals surface area (Å²) in [5.41, 5.74) is 0.534. The Morgan fingerprint density at radius 3 is 3.05 bits per heavy atom. The fraction of sp³-hybridized carbons (Fsp3) is 0.692. The van der Waals surface area contributed by atoms with Gasteiger partial charge < -0.3 is 9.64 Å². The Bertz CT molecular complexity index is 567. The van der Waals surface area contributed by atoms with Crippen molar-refractivity contribution in [2.24, 2.45) is 17.8 Å². The van der Waals surface area contributed by atoms with E-state index in [0.29, 0.717) is 28.8 Å². The molecule has 1 aromatic heterocycles. The number of halogens is 1. The van der Waals surface area contributed by atoms with E-state index in [1.54, 1.807) is 0 Å². The van der Waals surface area contributed by atoms with Gasteiger partial charge in [-0.25, -0.2) is 0 Å². The van der Waals surface area contributed by atoms with Gasteiger partial charge >= 0.3 is 0 Å². The zero-order valence-electron chi connectivity index (χ0n) is 10.5. The molecule has 6 heteroatoms. The summed E-state index contributed by atoms with van der Waals surface area (Å²) in [5.74, 6) is 2.18. The number of aromatic nitrogens is 1. The Hall–Kier alpha value is -0.830. The van der Waals surface area contributed by atoms with E-state index in [0.717, 1.165) is 23.4 Å². The quantitative estimate of drug-likeness (QED) is 0.841. The predicted octanol–water partition coefficient (Wildman–Crippen LogP) is 2.53. The normalized spacial score (nSPS) is 39.0. The molecule has 100 valence electrons. The Balaban J connectivity index is 1.75. The molecule has 0 N–H and O–H groups in total. The van der Waals surface area contributed by atoms with Gasteiger partial charge in [0, 0.05) is 13.7 Å². The molecule has 4 rings (SSSR count). The van der Waals surface area contributed by atoms with Gasteiger partial charge in [-0.15, -0.1) is 0 Å². The highest BCUT2D eigenvalue weighted by Gasteiger charge is 2.60. The monoisotopic (exact) mass is 295 g/mol. The average molecular weight is 296 g/mol. The Kier molecular flexibility index (Phi) is 2.57. The van der Waals surface area contributed by atoms with Crippen LogP contribution in [0.1, 0.15) is 18.4 Å². The maximum absolute atomic E-state index is 9.26. The topological polar surface area (TPSA) is 49.1 Å². The third kappa shape index (κ3) is 1.45. The summed E-state index contributed by atoms with van der Waals surface area (Å²) in [6.07, 6.45) is 2.85. The number of ether oxygens (including phenoxy) is 1. The zero-order chi connectivity index (χ0) is 13.1. The number of nitriles is 1. The van der Waals surface area contributed by atoms with Crippen LogP contribution in [0.3, 0.4) is 0 Å². The van der Waals surface area contributed by atoms with Crippen molar-refractivity contribution in [2.45, 2.75) is 25.0 Å². The first kappa shape index (κ1) is 12.0. The number of hydrogen-bond acceptors (Lipinski definition) is 5. The predicted molar refractivity (Wildman–Crippen MR) is 73.5 cm³/mol. The number of methoxy groups -OCH3 is 1. The van der Waals surface area contributed by atoms with E-state index in [1.165, 1.54) is 24.4 Å². The summed E-state index contributed by atoms with van der Waals surface area (Å²) in [6, 6.07) is 2.61. The van der Waals surface area contributed by atoms with Crippen LogP contribution < -0.4 is 4.90 Å². The molecule has 3 aliphatic rings. The van der Waals surface area contributed by atoms with E-state index in [1.807, 2.05) is 7.11 Å². The standard InChI is InChI=1S/C13H14ClN3OS/c1-18-11-6-2-7-5-17(10(11)8(7)3-6)13-9(4-15)12(14)16-19-13/h6-8,10-11H,2-3,5H2,1H3/t6-,7-,8-,10-,11+/m0/s1. The lowest BCUT2D eigenvalue weighted by Crippen LogP contribution is -2.41. The molecule has 0 radical (unpaired) electrons. The van der Waals surface area contributed by atoms with E-state index < -0.39 is 0 Å². The van der Waals surface area contributed by atoms with E-state index in [-0.39, 0.29) is 0 Å². The minimum absolute atomic E-state index is 0.302. The molecule has 2 aliphatic carbocycles. The molecule has 19 heavy (non-hydrogen) atoms. The van der Waals surface area contributed by atoms with Crippen molar-refractivity contribution in [1.29, 1.82) is 5.26 Å². The van der Waals surface area contributed by atoms with Gasteiger partial charge in [0.05, 0.1) is 12.1 Å². The highest BCUT2D eigenvalue weighted by Crippen LogP contribution is 2.57. The molecule has 1 aromatic rings. The number of fused-ring (bicyclic) bond motifs is 1. The summed E-state index contributed by atoms with van der Waals surface area (Å²) < 4.78 is 9.87. The third-order valence-electron chi connectivity index (χ3n) is 5.09. The molecular weight excluding hydrogens is 282 g/mol. The molecule has 1 aliphatic heterocycles. The number of rotatable bonds is 2. The van der Waals surface area contributed by atoms with Crippen molar-refractivity contribution in [1.82, 2.24) is 4.37 Å². The van der Waals surface area contributed by atoms with Gasteiger partial charge in [-0.2, -0.15) is 9.64 Å².